The number of ether oxygens (including phenoxy) is 1. The number of carbonyl (C=O) groups is 2. The maximum Gasteiger partial charge on any atom is 0.276 e. The Kier molecular flexibility index (Phi) is 5.87. The second-order valence-corrected chi connectivity index (χ2v) is 5.38. The summed E-state index contributed by atoms with van der Waals surface area (Å²) in [6.07, 6.45) is 0. The SMILES string of the molecule is N#Cc1ccccc1OCC(=O)NNC(=O)c1ccc(F)cc1Br. The van der Waals surface area contributed by atoms with Gasteiger partial charge < -0.3 is 4.74 Å². The van der Waals surface area contributed by atoms with Crippen LogP contribution in [0.4, 0.5) is 4.39 Å². The van der Waals surface area contributed by atoms with Gasteiger partial charge in [0.15, 0.2) is 6.61 Å². The van der Waals surface area contributed by atoms with Gasteiger partial charge >= 0.3 is 0 Å². The molecule has 0 spiro atoms. The number of amides is 2. The number of hydrogen-bond acceptors (Lipinski definition) is 4. The molecule has 0 heterocycles. The number of rotatable bonds is 4. The van der Waals surface area contributed by atoms with Crippen LogP contribution in [0, 0.1) is 17.1 Å². The molecule has 0 bridgehead atoms. The van der Waals surface area contributed by atoms with Crippen molar-refractivity contribution in [3.05, 3.63) is 63.9 Å². The predicted octanol–water partition coefficient (Wildman–Crippen LogP) is 2.30. The van der Waals surface area contributed by atoms with Gasteiger partial charge in [-0.1, -0.05) is 12.1 Å². The van der Waals surface area contributed by atoms with E-state index in [-0.39, 0.29) is 22.4 Å². The van der Waals surface area contributed by atoms with Gasteiger partial charge in [0.2, 0.25) is 0 Å². The van der Waals surface area contributed by atoms with Crippen LogP contribution in [0.1, 0.15) is 15.9 Å². The Labute approximate surface area is 145 Å². The second kappa shape index (κ2) is 8.08. The molecule has 122 valence electrons. The van der Waals surface area contributed by atoms with Crippen LogP contribution in [0.2, 0.25) is 0 Å². The number of halogens is 2. The molecule has 0 atom stereocenters. The van der Waals surface area contributed by atoms with E-state index in [2.05, 4.69) is 26.8 Å². The van der Waals surface area contributed by atoms with Crippen molar-refractivity contribution in [2.45, 2.75) is 0 Å². The number of hydrazine groups is 1. The van der Waals surface area contributed by atoms with Gasteiger partial charge in [0.1, 0.15) is 17.6 Å². The van der Waals surface area contributed by atoms with Crippen LogP contribution < -0.4 is 15.6 Å². The van der Waals surface area contributed by atoms with Crippen LogP contribution in [0.15, 0.2) is 46.9 Å². The molecule has 2 amide bonds. The van der Waals surface area contributed by atoms with E-state index in [1.807, 2.05) is 6.07 Å². The molecule has 0 aromatic heterocycles. The van der Waals surface area contributed by atoms with E-state index >= 15 is 0 Å². The number of nitrogens with zero attached hydrogens (tertiary/aromatic N) is 1. The van der Waals surface area contributed by atoms with E-state index in [0.717, 1.165) is 12.1 Å². The molecule has 0 unspecified atom stereocenters. The van der Waals surface area contributed by atoms with Gasteiger partial charge in [0.05, 0.1) is 11.1 Å². The first-order valence-electron chi connectivity index (χ1n) is 6.67. The molecule has 2 rings (SSSR count). The van der Waals surface area contributed by atoms with Gasteiger partial charge in [-0.05, 0) is 46.3 Å². The zero-order valence-corrected chi connectivity index (χ0v) is 13.8. The van der Waals surface area contributed by atoms with Gasteiger partial charge in [-0.2, -0.15) is 5.26 Å². The highest BCUT2D eigenvalue weighted by Crippen LogP contribution is 2.18. The van der Waals surface area contributed by atoms with E-state index in [4.69, 9.17) is 10.00 Å². The first-order valence-corrected chi connectivity index (χ1v) is 7.46. The number of nitrogens with one attached hydrogen (secondary N) is 2. The van der Waals surface area contributed by atoms with Crippen molar-refractivity contribution in [2.24, 2.45) is 0 Å². The van der Waals surface area contributed by atoms with Crippen molar-refractivity contribution >= 4 is 27.7 Å². The lowest BCUT2D eigenvalue weighted by Crippen LogP contribution is -2.44. The van der Waals surface area contributed by atoms with E-state index in [1.165, 1.54) is 6.07 Å². The summed E-state index contributed by atoms with van der Waals surface area (Å²) in [5.74, 6) is -1.46. The summed E-state index contributed by atoms with van der Waals surface area (Å²) in [7, 11) is 0. The highest BCUT2D eigenvalue weighted by Gasteiger charge is 2.12. The molecular weight excluding hydrogens is 381 g/mol. The minimum Gasteiger partial charge on any atom is -0.482 e. The highest BCUT2D eigenvalue weighted by molar-refractivity contribution is 9.10. The number of benzene rings is 2. The van der Waals surface area contributed by atoms with Crippen LogP contribution >= 0.6 is 15.9 Å². The number of hydrogen-bond donors (Lipinski definition) is 2. The van der Waals surface area contributed by atoms with Gasteiger partial charge in [-0.25, -0.2) is 4.39 Å². The molecule has 0 aliphatic heterocycles. The molecule has 8 heteroatoms. The third-order valence-electron chi connectivity index (χ3n) is 2.86. The summed E-state index contributed by atoms with van der Waals surface area (Å²) in [6, 6.07) is 11.9. The van der Waals surface area contributed by atoms with Crippen molar-refractivity contribution in [3.63, 3.8) is 0 Å². The first kappa shape index (κ1) is 17.4. The van der Waals surface area contributed by atoms with Crippen LogP contribution in [0.25, 0.3) is 0 Å². The van der Waals surface area contributed by atoms with Crippen molar-refractivity contribution in [2.75, 3.05) is 6.61 Å². The molecule has 0 saturated heterocycles. The average molecular weight is 392 g/mol. The van der Waals surface area contributed by atoms with Gasteiger partial charge in [0, 0.05) is 4.47 Å². The Bertz CT molecular complexity index is 820. The quantitative estimate of drug-likeness (QED) is 0.782. The van der Waals surface area contributed by atoms with E-state index < -0.39 is 17.6 Å². The Hall–Kier alpha value is -2.92. The van der Waals surface area contributed by atoms with E-state index in [0.29, 0.717) is 5.56 Å². The fourth-order valence-electron chi connectivity index (χ4n) is 1.73. The third-order valence-corrected chi connectivity index (χ3v) is 3.51. The van der Waals surface area contributed by atoms with E-state index in [1.54, 1.807) is 24.3 Å². The molecule has 0 radical (unpaired) electrons. The molecule has 6 nitrogen and oxygen atoms in total. The van der Waals surface area contributed by atoms with Crippen molar-refractivity contribution in [1.29, 1.82) is 5.26 Å². The minimum absolute atomic E-state index is 0.160. The van der Waals surface area contributed by atoms with Crippen LogP contribution in [0.5, 0.6) is 5.75 Å². The fraction of sp³-hybridized carbons (Fsp3) is 0.0625. The highest BCUT2D eigenvalue weighted by atomic mass is 79.9. The standard InChI is InChI=1S/C16H11BrFN3O3/c17-13-7-11(18)5-6-12(13)16(23)21-20-15(22)9-24-14-4-2-1-3-10(14)8-19/h1-7H,9H2,(H,20,22)(H,21,23). The Morgan fingerprint density at radius 3 is 2.67 bits per heavy atom. The number of carbonyl (C=O) groups excluding carboxylic acids is 2. The summed E-state index contributed by atoms with van der Waals surface area (Å²) >= 11 is 3.06. The molecule has 2 N–H and O–H groups in total. The van der Waals surface area contributed by atoms with Crippen LogP contribution in [-0.2, 0) is 4.79 Å². The van der Waals surface area contributed by atoms with E-state index in [9.17, 15) is 14.0 Å². The zero-order chi connectivity index (χ0) is 17.5. The number of nitriles is 1. The van der Waals surface area contributed by atoms with Gasteiger partial charge in [0.25, 0.3) is 11.8 Å². The maximum atomic E-state index is 13.0. The summed E-state index contributed by atoms with van der Waals surface area (Å²) in [6.45, 7) is -0.385. The minimum atomic E-state index is -0.618. The second-order valence-electron chi connectivity index (χ2n) is 4.52. The fourth-order valence-corrected chi connectivity index (χ4v) is 2.26. The Balaban J connectivity index is 1.87. The topological polar surface area (TPSA) is 91.2 Å². The molecule has 0 aliphatic rings. The van der Waals surface area contributed by atoms with Crippen LogP contribution in [-0.4, -0.2) is 18.4 Å². The Morgan fingerprint density at radius 1 is 1.21 bits per heavy atom. The van der Waals surface area contributed by atoms with Gasteiger partial charge in [-0.3, -0.25) is 20.4 Å². The van der Waals surface area contributed by atoms with Crippen molar-refractivity contribution < 1.29 is 18.7 Å². The predicted molar refractivity (Wildman–Crippen MR) is 86.4 cm³/mol. The summed E-state index contributed by atoms with van der Waals surface area (Å²) in [5, 5.41) is 8.91. The summed E-state index contributed by atoms with van der Waals surface area (Å²) in [4.78, 5) is 23.6. The lowest BCUT2D eigenvalue weighted by atomic mass is 10.2. The average Bonchev–Trinajstić information content (AvgIpc) is 2.58. The van der Waals surface area contributed by atoms with Crippen molar-refractivity contribution in [3.8, 4) is 11.8 Å². The smallest absolute Gasteiger partial charge is 0.276 e. The molecule has 2 aromatic rings. The molecule has 24 heavy (non-hydrogen) atoms. The van der Waals surface area contributed by atoms with Crippen LogP contribution in [0.3, 0.4) is 0 Å². The molecule has 0 saturated carbocycles. The molecule has 0 fully saturated rings. The third kappa shape index (κ3) is 4.54. The maximum absolute atomic E-state index is 13.0. The molecule has 2 aromatic carbocycles. The number of para-hydroxylation sites is 1. The molecule has 0 aliphatic carbocycles. The lowest BCUT2D eigenvalue weighted by molar-refractivity contribution is -0.123. The largest absolute Gasteiger partial charge is 0.482 e. The van der Waals surface area contributed by atoms with Gasteiger partial charge in [-0.15, -0.1) is 0 Å². The monoisotopic (exact) mass is 391 g/mol. The summed E-state index contributed by atoms with van der Waals surface area (Å²) < 4.78 is 18.5. The first-order chi connectivity index (χ1) is 11.5. The molecular formula is C16H11BrFN3O3. The van der Waals surface area contributed by atoms with Crippen molar-refractivity contribution in [1.82, 2.24) is 10.9 Å². The summed E-state index contributed by atoms with van der Waals surface area (Å²) in [5.41, 5.74) is 4.81. The normalized spacial score (nSPS) is 9.71. The lowest BCUT2D eigenvalue weighted by Gasteiger charge is -2.10. The zero-order valence-electron chi connectivity index (χ0n) is 12.2. The Morgan fingerprint density at radius 2 is 1.96 bits per heavy atom.